The maximum atomic E-state index is 11.9. The molecule has 0 atom stereocenters. The maximum Gasteiger partial charge on any atom is 0.337 e. The number of aromatic carboxylic acids is 1. The van der Waals surface area contributed by atoms with Gasteiger partial charge in [0, 0.05) is 3.57 Å². The summed E-state index contributed by atoms with van der Waals surface area (Å²) in [4.78, 5) is 23.2. The number of aryl methyl sites for hydroxylation is 1. The second-order valence-corrected chi connectivity index (χ2v) is 6.76. The number of halogens is 1. The lowest BCUT2D eigenvalue weighted by Gasteiger charge is -2.12. The minimum Gasteiger partial charge on any atom is -0.484 e. The minimum atomic E-state index is -1.09. The highest BCUT2D eigenvalue weighted by Gasteiger charge is 2.13. The number of nitrogens with one attached hydrogen (secondary N) is 2. The highest BCUT2D eigenvalue weighted by molar-refractivity contribution is 14.1. The summed E-state index contributed by atoms with van der Waals surface area (Å²) in [6.45, 7) is 1.72. The Morgan fingerprint density at radius 2 is 2.00 bits per heavy atom. The fourth-order valence-electron chi connectivity index (χ4n) is 1.97. The molecular weight excluding hydrogens is 455 g/mol. The molecule has 0 aliphatic carbocycles. The van der Waals surface area contributed by atoms with Crippen molar-refractivity contribution < 1.29 is 19.4 Å². The van der Waals surface area contributed by atoms with E-state index in [1.807, 2.05) is 47.7 Å². The molecule has 0 saturated carbocycles. The molecule has 2 aromatic carbocycles. The van der Waals surface area contributed by atoms with E-state index in [0.717, 1.165) is 9.13 Å². The van der Waals surface area contributed by atoms with Crippen LogP contribution in [0.5, 0.6) is 5.75 Å². The van der Waals surface area contributed by atoms with Gasteiger partial charge in [0.1, 0.15) is 5.75 Å². The van der Waals surface area contributed by atoms with Crippen LogP contribution in [0.15, 0.2) is 42.5 Å². The van der Waals surface area contributed by atoms with Gasteiger partial charge in [0.05, 0.1) is 11.3 Å². The first kappa shape index (κ1) is 19.1. The van der Waals surface area contributed by atoms with Crippen molar-refractivity contribution in [2.24, 2.45) is 0 Å². The molecule has 0 unspecified atom stereocenters. The standard InChI is InChI=1S/C17H15IN2O4S/c1-10-3-2-4-12(7-10)24-9-15(21)20-17(25)19-14-6-5-11(18)8-13(14)16(22)23/h2-8H,9H2,1H3,(H,22,23)(H2,19,20,21,25). The summed E-state index contributed by atoms with van der Waals surface area (Å²) in [5.41, 5.74) is 1.40. The van der Waals surface area contributed by atoms with Gasteiger partial charge in [-0.15, -0.1) is 0 Å². The number of amides is 1. The molecule has 2 rings (SSSR count). The Hall–Kier alpha value is -2.20. The fourth-order valence-corrected chi connectivity index (χ4v) is 2.69. The Balaban J connectivity index is 1.92. The van der Waals surface area contributed by atoms with Crippen LogP contribution in [0.25, 0.3) is 0 Å². The molecule has 8 heteroatoms. The van der Waals surface area contributed by atoms with Crippen molar-refractivity contribution in [1.82, 2.24) is 5.32 Å². The van der Waals surface area contributed by atoms with E-state index in [0.29, 0.717) is 11.4 Å². The number of carboxylic acid groups (broad SMARTS) is 1. The second kappa shape index (κ2) is 8.77. The quantitative estimate of drug-likeness (QED) is 0.460. The van der Waals surface area contributed by atoms with Gasteiger partial charge in [0.25, 0.3) is 5.91 Å². The van der Waals surface area contributed by atoms with E-state index in [1.54, 1.807) is 18.2 Å². The SMILES string of the molecule is Cc1cccc(OCC(=O)NC(=S)Nc2ccc(I)cc2C(=O)O)c1. The highest BCUT2D eigenvalue weighted by Crippen LogP contribution is 2.19. The van der Waals surface area contributed by atoms with Crippen LogP contribution in [0.3, 0.4) is 0 Å². The normalized spacial score (nSPS) is 10.0. The number of hydrogen-bond donors (Lipinski definition) is 3. The summed E-state index contributed by atoms with van der Waals surface area (Å²) in [5, 5.41) is 14.4. The molecule has 0 spiro atoms. The number of thiocarbonyl (C=S) groups is 1. The third kappa shape index (κ3) is 5.98. The molecule has 0 radical (unpaired) electrons. The molecule has 3 N–H and O–H groups in total. The molecule has 0 aliphatic heterocycles. The number of rotatable bonds is 5. The molecule has 2 aromatic rings. The van der Waals surface area contributed by atoms with Crippen molar-refractivity contribution in [3.8, 4) is 5.75 Å². The summed E-state index contributed by atoms with van der Waals surface area (Å²) in [6.07, 6.45) is 0. The van der Waals surface area contributed by atoms with Crippen LogP contribution in [-0.2, 0) is 4.79 Å². The van der Waals surface area contributed by atoms with Gasteiger partial charge in [-0.2, -0.15) is 0 Å². The molecule has 0 fully saturated rings. The lowest BCUT2D eigenvalue weighted by molar-refractivity contribution is -0.121. The van der Waals surface area contributed by atoms with Crippen LogP contribution in [0.2, 0.25) is 0 Å². The number of hydrogen-bond acceptors (Lipinski definition) is 4. The predicted octanol–water partition coefficient (Wildman–Crippen LogP) is 3.19. The van der Waals surface area contributed by atoms with Crippen LogP contribution >= 0.6 is 34.8 Å². The smallest absolute Gasteiger partial charge is 0.337 e. The van der Waals surface area contributed by atoms with E-state index in [1.165, 1.54) is 6.07 Å². The van der Waals surface area contributed by atoms with E-state index < -0.39 is 11.9 Å². The number of ether oxygens (including phenoxy) is 1. The molecule has 0 heterocycles. The first-order valence-corrected chi connectivity index (χ1v) is 8.67. The molecule has 6 nitrogen and oxygen atoms in total. The Bertz CT molecular complexity index is 826. The molecule has 130 valence electrons. The van der Waals surface area contributed by atoms with E-state index in [-0.39, 0.29) is 17.3 Å². The van der Waals surface area contributed by atoms with Gasteiger partial charge >= 0.3 is 5.97 Å². The van der Waals surface area contributed by atoms with Crippen LogP contribution in [-0.4, -0.2) is 28.7 Å². The highest BCUT2D eigenvalue weighted by atomic mass is 127. The van der Waals surface area contributed by atoms with Gasteiger partial charge in [-0.25, -0.2) is 4.79 Å². The van der Waals surface area contributed by atoms with Crippen molar-refractivity contribution in [3.63, 3.8) is 0 Å². The van der Waals surface area contributed by atoms with E-state index in [2.05, 4.69) is 10.6 Å². The van der Waals surface area contributed by atoms with Crippen LogP contribution < -0.4 is 15.4 Å². The summed E-state index contributed by atoms with van der Waals surface area (Å²) in [7, 11) is 0. The Morgan fingerprint density at radius 1 is 1.24 bits per heavy atom. The number of anilines is 1. The fraction of sp³-hybridized carbons (Fsp3) is 0.118. The Kier molecular flexibility index (Phi) is 6.71. The van der Waals surface area contributed by atoms with Crippen molar-refractivity contribution in [1.29, 1.82) is 0 Å². The zero-order valence-electron chi connectivity index (χ0n) is 13.2. The zero-order chi connectivity index (χ0) is 18.4. The van der Waals surface area contributed by atoms with Gasteiger partial charge in [-0.1, -0.05) is 12.1 Å². The van der Waals surface area contributed by atoms with Crippen LogP contribution in [0.4, 0.5) is 5.69 Å². The van der Waals surface area contributed by atoms with Crippen molar-refractivity contribution in [2.75, 3.05) is 11.9 Å². The summed E-state index contributed by atoms with van der Waals surface area (Å²) >= 11 is 7.07. The molecule has 0 saturated heterocycles. The van der Waals surface area contributed by atoms with Crippen molar-refractivity contribution in [3.05, 3.63) is 57.2 Å². The Morgan fingerprint density at radius 3 is 2.68 bits per heavy atom. The van der Waals surface area contributed by atoms with Gasteiger partial charge in [-0.05, 0) is 77.6 Å². The average molecular weight is 470 g/mol. The number of benzene rings is 2. The van der Waals surface area contributed by atoms with E-state index in [9.17, 15) is 14.7 Å². The summed E-state index contributed by atoms with van der Waals surface area (Å²) in [5.74, 6) is -0.945. The maximum absolute atomic E-state index is 11.9. The largest absolute Gasteiger partial charge is 0.484 e. The number of carbonyl (C=O) groups is 2. The third-order valence-corrected chi connectivity index (χ3v) is 3.95. The molecular formula is C17H15IN2O4S. The number of carboxylic acids is 1. The first-order valence-electron chi connectivity index (χ1n) is 7.18. The summed E-state index contributed by atoms with van der Waals surface area (Å²) in [6, 6.07) is 12.2. The Labute approximate surface area is 163 Å². The molecule has 25 heavy (non-hydrogen) atoms. The van der Waals surface area contributed by atoms with Gasteiger partial charge in [0.2, 0.25) is 0 Å². The van der Waals surface area contributed by atoms with E-state index >= 15 is 0 Å². The van der Waals surface area contributed by atoms with Crippen molar-refractivity contribution in [2.45, 2.75) is 6.92 Å². The lowest BCUT2D eigenvalue weighted by atomic mass is 10.2. The first-order chi connectivity index (χ1) is 11.8. The summed E-state index contributed by atoms with van der Waals surface area (Å²) < 4.78 is 6.16. The van der Waals surface area contributed by atoms with Crippen LogP contribution in [0.1, 0.15) is 15.9 Å². The lowest BCUT2D eigenvalue weighted by Crippen LogP contribution is -2.37. The zero-order valence-corrected chi connectivity index (χ0v) is 16.2. The van der Waals surface area contributed by atoms with Gasteiger partial charge in [0.15, 0.2) is 11.7 Å². The molecule has 1 amide bonds. The monoisotopic (exact) mass is 470 g/mol. The predicted molar refractivity (Wildman–Crippen MR) is 107 cm³/mol. The molecule has 0 bridgehead atoms. The van der Waals surface area contributed by atoms with Gasteiger partial charge < -0.3 is 15.2 Å². The van der Waals surface area contributed by atoms with Crippen molar-refractivity contribution >= 4 is 57.5 Å². The number of carbonyl (C=O) groups excluding carboxylic acids is 1. The third-order valence-electron chi connectivity index (χ3n) is 3.07. The van der Waals surface area contributed by atoms with E-state index in [4.69, 9.17) is 17.0 Å². The van der Waals surface area contributed by atoms with Crippen LogP contribution in [0, 0.1) is 10.5 Å². The topological polar surface area (TPSA) is 87.7 Å². The molecule has 0 aromatic heterocycles. The van der Waals surface area contributed by atoms with Gasteiger partial charge in [-0.3, -0.25) is 10.1 Å². The molecule has 0 aliphatic rings. The minimum absolute atomic E-state index is 0.00144. The second-order valence-electron chi connectivity index (χ2n) is 5.10. The average Bonchev–Trinajstić information content (AvgIpc) is 2.54.